The van der Waals surface area contributed by atoms with E-state index in [9.17, 15) is 9.59 Å². The second-order valence-electron chi connectivity index (χ2n) is 4.61. The molecule has 1 aromatic heterocycles. The predicted molar refractivity (Wildman–Crippen MR) is 73.8 cm³/mol. The van der Waals surface area contributed by atoms with Crippen LogP contribution in [0.5, 0.6) is 5.75 Å². The fraction of sp³-hybridized carbons (Fsp3) is 0.286. The second kappa shape index (κ2) is 5.14. The van der Waals surface area contributed by atoms with Crippen molar-refractivity contribution in [1.82, 2.24) is 10.2 Å². The highest BCUT2D eigenvalue weighted by Gasteiger charge is 2.11. The van der Waals surface area contributed by atoms with E-state index in [4.69, 9.17) is 4.74 Å². The Bertz CT molecular complexity index is 698. The molecule has 2 aromatic rings. The molecule has 1 heterocycles. The summed E-state index contributed by atoms with van der Waals surface area (Å²) in [6.45, 7) is 4.09. The van der Waals surface area contributed by atoms with Crippen molar-refractivity contribution in [3.63, 3.8) is 0 Å². The van der Waals surface area contributed by atoms with Crippen LogP contribution in [0.1, 0.15) is 25.3 Å². The molecule has 0 spiro atoms. The number of benzene rings is 1. The molecule has 0 amide bonds. The molecule has 5 heteroatoms. The van der Waals surface area contributed by atoms with Crippen LogP contribution >= 0.6 is 0 Å². The minimum Gasteiger partial charge on any atom is -0.496 e. The highest BCUT2D eigenvalue weighted by atomic mass is 16.5. The van der Waals surface area contributed by atoms with Gasteiger partial charge in [-0.15, -0.1) is 0 Å². The van der Waals surface area contributed by atoms with Crippen LogP contribution in [0.3, 0.4) is 0 Å². The summed E-state index contributed by atoms with van der Waals surface area (Å²) in [4.78, 5) is 23.1. The molecule has 1 aromatic carbocycles. The van der Waals surface area contributed by atoms with Crippen LogP contribution < -0.4 is 15.9 Å². The lowest BCUT2D eigenvalue weighted by Crippen LogP contribution is -2.19. The number of hydrogen-bond acceptors (Lipinski definition) is 3. The zero-order chi connectivity index (χ0) is 14.0. The van der Waals surface area contributed by atoms with Gasteiger partial charge < -0.3 is 4.74 Å². The Kier molecular flexibility index (Phi) is 3.55. The summed E-state index contributed by atoms with van der Waals surface area (Å²) < 4.78 is 5.30. The number of aromatic nitrogens is 2. The van der Waals surface area contributed by atoms with E-state index in [1.165, 1.54) is 6.07 Å². The normalized spacial score (nSPS) is 10.7. The lowest BCUT2D eigenvalue weighted by atomic mass is 9.97. The summed E-state index contributed by atoms with van der Waals surface area (Å²) in [5.74, 6) is 1.04. The van der Waals surface area contributed by atoms with Gasteiger partial charge in [-0.1, -0.05) is 19.9 Å². The van der Waals surface area contributed by atoms with Gasteiger partial charge in [-0.05, 0) is 29.2 Å². The molecule has 5 nitrogen and oxygen atoms in total. The molecule has 0 aliphatic heterocycles. The zero-order valence-corrected chi connectivity index (χ0v) is 11.1. The Morgan fingerprint density at radius 1 is 1.11 bits per heavy atom. The lowest BCUT2D eigenvalue weighted by molar-refractivity contribution is 0.407. The average molecular weight is 260 g/mol. The van der Waals surface area contributed by atoms with Crippen LogP contribution in [0.15, 0.2) is 33.9 Å². The summed E-state index contributed by atoms with van der Waals surface area (Å²) in [7, 11) is 1.61. The van der Waals surface area contributed by atoms with E-state index in [-0.39, 0.29) is 17.0 Å². The van der Waals surface area contributed by atoms with Gasteiger partial charge in [0.25, 0.3) is 11.1 Å². The highest BCUT2D eigenvalue weighted by molar-refractivity contribution is 5.64. The first-order valence-corrected chi connectivity index (χ1v) is 6.03. The smallest absolute Gasteiger partial charge is 0.270 e. The molecule has 0 saturated heterocycles. The van der Waals surface area contributed by atoms with Crippen molar-refractivity contribution in [3.8, 4) is 16.9 Å². The number of nitrogens with one attached hydrogen (secondary N) is 2. The second-order valence-corrected chi connectivity index (χ2v) is 4.61. The Balaban J connectivity index is 2.64. The van der Waals surface area contributed by atoms with E-state index < -0.39 is 0 Å². The number of H-pyrrole nitrogens is 2. The Hall–Kier alpha value is -2.30. The van der Waals surface area contributed by atoms with Gasteiger partial charge in [0, 0.05) is 6.07 Å². The van der Waals surface area contributed by atoms with Gasteiger partial charge in [-0.25, -0.2) is 0 Å². The molecule has 0 unspecified atom stereocenters. The maximum absolute atomic E-state index is 11.8. The fourth-order valence-corrected chi connectivity index (χ4v) is 1.99. The van der Waals surface area contributed by atoms with E-state index in [1.54, 1.807) is 13.2 Å². The van der Waals surface area contributed by atoms with Crippen molar-refractivity contribution in [2.24, 2.45) is 0 Å². The van der Waals surface area contributed by atoms with Crippen molar-refractivity contribution in [2.45, 2.75) is 19.8 Å². The molecule has 100 valence electrons. The van der Waals surface area contributed by atoms with Gasteiger partial charge in [0.2, 0.25) is 0 Å². The molecule has 0 fully saturated rings. The highest BCUT2D eigenvalue weighted by Crippen LogP contribution is 2.30. The number of hydrogen-bond donors (Lipinski definition) is 2. The SMILES string of the molecule is COc1ccc(-c2cc(=O)[nH][nH]c2=O)cc1C(C)C. The molecule has 19 heavy (non-hydrogen) atoms. The van der Waals surface area contributed by atoms with E-state index in [1.807, 2.05) is 26.0 Å². The van der Waals surface area contributed by atoms with Gasteiger partial charge in [0.1, 0.15) is 5.75 Å². The van der Waals surface area contributed by atoms with Crippen molar-refractivity contribution in [2.75, 3.05) is 7.11 Å². The first-order valence-electron chi connectivity index (χ1n) is 6.03. The van der Waals surface area contributed by atoms with Crippen LogP contribution in [0.4, 0.5) is 0 Å². The molecular weight excluding hydrogens is 244 g/mol. The third-order valence-electron chi connectivity index (χ3n) is 2.98. The molecule has 0 atom stereocenters. The molecular formula is C14H16N2O3. The first kappa shape index (κ1) is 13.1. The van der Waals surface area contributed by atoms with Crippen LogP contribution in [-0.4, -0.2) is 17.3 Å². The third kappa shape index (κ3) is 2.59. The summed E-state index contributed by atoms with van der Waals surface area (Å²) in [5.41, 5.74) is 1.40. The molecule has 2 N–H and O–H groups in total. The number of methoxy groups -OCH3 is 1. The van der Waals surface area contributed by atoms with Crippen molar-refractivity contribution >= 4 is 0 Å². The summed E-state index contributed by atoms with van der Waals surface area (Å²) in [5, 5.41) is 4.57. The molecule has 0 bridgehead atoms. The Morgan fingerprint density at radius 2 is 1.84 bits per heavy atom. The minimum atomic E-state index is -0.337. The summed E-state index contributed by atoms with van der Waals surface area (Å²) in [6.07, 6.45) is 0. The van der Waals surface area contributed by atoms with Gasteiger partial charge >= 0.3 is 0 Å². The first-order chi connectivity index (χ1) is 9.02. The van der Waals surface area contributed by atoms with E-state index in [0.29, 0.717) is 11.1 Å². The molecule has 0 saturated carbocycles. The lowest BCUT2D eigenvalue weighted by Gasteiger charge is -2.13. The molecule has 0 aliphatic rings. The van der Waals surface area contributed by atoms with Gasteiger partial charge in [0.15, 0.2) is 0 Å². The van der Waals surface area contributed by atoms with Crippen molar-refractivity contribution in [3.05, 3.63) is 50.5 Å². The van der Waals surface area contributed by atoms with Gasteiger partial charge in [0.05, 0.1) is 12.7 Å². The fourth-order valence-electron chi connectivity index (χ4n) is 1.99. The van der Waals surface area contributed by atoms with Crippen molar-refractivity contribution in [1.29, 1.82) is 0 Å². The van der Waals surface area contributed by atoms with Gasteiger partial charge in [-0.3, -0.25) is 19.8 Å². The zero-order valence-electron chi connectivity index (χ0n) is 11.1. The topological polar surface area (TPSA) is 75.0 Å². The number of ether oxygens (including phenoxy) is 1. The molecule has 0 aliphatic carbocycles. The Labute approximate surface area is 110 Å². The average Bonchev–Trinajstić information content (AvgIpc) is 2.40. The largest absolute Gasteiger partial charge is 0.496 e. The Morgan fingerprint density at radius 3 is 2.47 bits per heavy atom. The quantitative estimate of drug-likeness (QED) is 0.884. The van der Waals surface area contributed by atoms with E-state index >= 15 is 0 Å². The van der Waals surface area contributed by atoms with E-state index in [2.05, 4.69) is 10.2 Å². The standard InChI is InChI=1S/C14H16N2O3/c1-8(2)10-6-9(4-5-12(10)19-3)11-7-13(17)15-16-14(11)18/h4-8H,1-3H3,(H,15,17)(H,16,18). The monoisotopic (exact) mass is 260 g/mol. The van der Waals surface area contributed by atoms with E-state index in [0.717, 1.165) is 11.3 Å². The summed E-state index contributed by atoms with van der Waals surface area (Å²) in [6, 6.07) is 6.76. The predicted octanol–water partition coefficient (Wildman–Crippen LogP) is 1.86. The van der Waals surface area contributed by atoms with Gasteiger partial charge in [-0.2, -0.15) is 0 Å². The van der Waals surface area contributed by atoms with Crippen LogP contribution in [0.25, 0.3) is 11.1 Å². The van der Waals surface area contributed by atoms with Crippen LogP contribution in [0.2, 0.25) is 0 Å². The molecule has 2 rings (SSSR count). The minimum absolute atomic E-state index is 0.260. The molecule has 0 radical (unpaired) electrons. The maximum Gasteiger partial charge on any atom is 0.270 e. The summed E-state index contributed by atoms with van der Waals surface area (Å²) >= 11 is 0. The maximum atomic E-state index is 11.8. The van der Waals surface area contributed by atoms with Crippen LogP contribution in [-0.2, 0) is 0 Å². The van der Waals surface area contributed by atoms with Crippen LogP contribution in [0, 0.1) is 0 Å². The van der Waals surface area contributed by atoms with Crippen molar-refractivity contribution < 1.29 is 4.74 Å². The number of rotatable bonds is 3. The third-order valence-corrected chi connectivity index (χ3v) is 2.98. The number of aromatic amines is 2.